The number of benzene rings is 3. The standard InChI is InChI=1S/C26H23NO4/c1-17(28)19-12-14-22(15-13-19)30-18(2)26(29)27-25(20-8-4-3-5-9-20)24-16-21-10-6-7-11-23(21)31-24/h3-16,18,25H,1-2H3,(H,27,29). The normalized spacial score (nSPS) is 12.8. The first-order valence-electron chi connectivity index (χ1n) is 10.1. The zero-order chi connectivity index (χ0) is 21.8. The first-order chi connectivity index (χ1) is 15.0. The van der Waals surface area contributed by atoms with Gasteiger partial charge in [-0.2, -0.15) is 0 Å². The highest BCUT2D eigenvalue weighted by Gasteiger charge is 2.24. The molecule has 0 aliphatic carbocycles. The van der Waals surface area contributed by atoms with Crippen LogP contribution in [0.15, 0.2) is 89.3 Å². The van der Waals surface area contributed by atoms with E-state index in [-0.39, 0.29) is 11.7 Å². The van der Waals surface area contributed by atoms with Gasteiger partial charge in [0.2, 0.25) is 0 Å². The fourth-order valence-electron chi connectivity index (χ4n) is 3.39. The van der Waals surface area contributed by atoms with Crippen LogP contribution < -0.4 is 10.1 Å². The second-order valence-corrected chi connectivity index (χ2v) is 7.38. The summed E-state index contributed by atoms with van der Waals surface area (Å²) in [7, 11) is 0. The van der Waals surface area contributed by atoms with Gasteiger partial charge in [-0.05, 0) is 55.8 Å². The molecule has 0 saturated heterocycles. The molecule has 1 N–H and O–H groups in total. The van der Waals surface area contributed by atoms with Crippen molar-refractivity contribution in [2.45, 2.75) is 26.0 Å². The molecule has 4 rings (SSSR count). The molecule has 0 radical (unpaired) electrons. The Kier molecular flexibility index (Phi) is 5.85. The van der Waals surface area contributed by atoms with Crippen LogP contribution in [0.2, 0.25) is 0 Å². The summed E-state index contributed by atoms with van der Waals surface area (Å²) in [5, 5.41) is 4.02. The van der Waals surface area contributed by atoms with Crippen molar-refractivity contribution in [3.63, 3.8) is 0 Å². The summed E-state index contributed by atoms with van der Waals surface area (Å²) in [5.41, 5.74) is 2.27. The Hall–Kier alpha value is -3.86. The third-order valence-electron chi connectivity index (χ3n) is 5.09. The van der Waals surface area contributed by atoms with Crippen LogP contribution in [0.4, 0.5) is 0 Å². The van der Waals surface area contributed by atoms with Crippen molar-refractivity contribution in [1.29, 1.82) is 0 Å². The van der Waals surface area contributed by atoms with Crippen molar-refractivity contribution < 1.29 is 18.7 Å². The smallest absolute Gasteiger partial charge is 0.261 e. The highest BCUT2D eigenvalue weighted by atomic mass is 16.5. The molecule has 156 valence electrons. The van der Waals surface area contributed by atoms with E-state index in [1.165, 1.54) is 6.92 Å². The predicted octanol–water partition coefficient (Wildman–Crippen LogP) is 5.31. The second-order valence-electron chi connectivity index (χ2n) is 7.38. The van der Waals surface area contributed by atoms with Gasteiger partial charge in [0.15, 0.2) is 11.9 Å². The highest BCUT2D eigenvalue weighted by molar-refractivity contribution is 5.94. The number of rotatable bonds is 7. The number of Topliss-reactive ketones (excluding diaryl/α,β-unsaturated/α-hetero) is 1. The Balaban J connectivity index is 1.54. The largest absolute Gasteiger partial charge is 0.481 e. The molecule has 0 aliphatic rings. The maximum atomic E-state index is 13.0. The van der Waals surface area contributed by atoms with Crippen LogP contribution in [0, 0.1) is 0 Å². The molecule has 5 nitrogen and oxygen atoms in total. The van der Waals surface area contributed by atoms with Crippen molar-refractivity contribution in [1.82, 2.24) is 5.32 Å². The van der Waals surface area contributed by atoms with E-state index in [9.17, 15) is 9.59 Å². The molecular formula is C26H23NO4. The molecule has 1 aromatic heterocycles. The second kappa shape index (κ2) is 8.88. The molecule has 1 amide bonds. The number of carbonyl (C=O) groups is 2. The Morgan fingerprint density at radius 3 is 2.26 bits per heavy atom. The minimum Gasteiger partial charge on any atom is -0.481 e. The quantitative estimate of drug-likeness (QED) is 0.417. The van der Waals surface area contributed by atoms with Gasteiger partial charge in [-0.3, -0.25) is 9.59 Å². The first kappa shape index (κ1) is 20.4. The van der Waals surface area contributed by atoms with E-state index in [2.05, 4.69) is 5.32 Å². The van der Waals surface area contributed by atoms with Gasteiger partial charge in [-0.1, -0.05) is 48.5 Å². The van der Waals surface area contributed by atoms with Crippen LogP contribution in [0.5, 0.6) is 5.75 Å². The van der Waals surface area contributed by atoms with Crippen molar-refractivity contribution in [2.75, 3.05) is 0 Å². The van der Waals surface area contributed by atoms with Gasteiger partial charge >= 0.3 is 0 Å². The van der Waals surface area contributed by atoms with Crippen molar-refractivity contribution in [3.05, 3.63) is 102 Å². The van der Waals surface area contributed by atoms with Crippen LogP contribution in [0.3, 0.4) is 0 Å². The van der Waals surface area contributed by atoms with E-state index in [1.54, 1.807) is 31.2 Å². The molecule has 0 bridgehead atoms. The first-order valence-corrected chi connectivity index (χ1v) is 10.1. The van der Waals surface area contributed by atoms with E-state index in [1.807, 2.05) is 60.7 Å². The maximum Gasteiger partial charge on any atom is 0.261 e. The summed E-state index contributed by atoms with van der Waals surface area (Å²) in [6.07, 6.45) is -0.737. The molecule has 1 heterocycles. The highest BCUT2D eigenvalue weighted by Crippen LogP contribution is 2.28. The third-order valence-corrected chi connectivity index (χ3v) is 5.09. The summed E-state index contributed by atoms with van der Waals surface area (Å²) in [6, 6.07) is 25.7. The molecule has 5 heteroatoms. The van der Waals surface area contributed by atoms with Gasteiger partial charge in [0.25, 0.3) is 5.91 Å². The molecule has 3 aromatic carbocycles. The number of nitrogens with one attached hydrogen (secondary N) is 1. The van der Waals surface area contributed by atoms with E-state index in [4.69, 9.17) is 9.15 Å². The van der Waals surface area contributed by atoms with Crippen LogP contribution in [-0.2, 0) is 4.79 Å². The summed E-state index contributed by atoms with van der Waals surface area (Å²) >= 11 is 0. The molecule has 4 aromatic rings. The molecule has 0 saturated carbocycles. The molecule has 0 fully saturated rings. The van der Waals surface area contributed by atoms with Crippen molar-refractivity contribution in [2.24, 2.45) is 0 Å². The number of ketones is 1. The fraction of sp³-hybridized carbons (Fsp3) is 0.154. The SMILES string of the molecule is CC(=O)c1ccc(OC(C)C(=O)NC(c2ccccc2)c2cc3ccccc3o2)cc1. The number of hydrogen-bond donors (Lipinski definition) is 1. The van der Waals surface area contributed by atoms with Gasteiger partial charge in [0.05, 0.1) is 0 Å². The Bertz CT molecular complexity index is 1160. The number of fused-ring (bicyclic) bond motifs is 1. The number of carbonyl (C=O) groups excluding carboxylic acids is 2. The van der Waals surface area contributed by atoms with Crippen molar-refractivity contribution in [3.8, 4) is 5.75 Å². The van der Waals surface area contributed by atoms with Gasteiger partial charge in [0.1, 0.15) is 23.1 Å². The molecule has 0 spiro atoms. The topological polar surface area (TPSA) is 68.5 Å². The third kappa shape index (κ3) is 4.67. The number of furan rings is 1. The lowest BCUT2D eigenvalue weighted by molar-refractivity contribution is -0.127. The van der Waals surface area contributed by atoms with Crippen LogP contribution in [-0.4, -0.2) is 17.8 Å². The van der Waals surface area contributed by atoms with Crippen LogP contribution >= 0.6 is 0 Å². The molecule has 2 atom stereocenters. The number of hydrogen-bond acceptors (Lipinski definition) is 4. The van der Waals surface area contributed by atoms with Gasteiger partial charge in [-0.15, -0.1) is 0 Å². The van der Waals surface area contributed by atoms with E-state index in [0.717, 1.165) is 16.5 Å². The lowest BCUT2D eigenvalue weighted by Gasteiger charge is -2.21. The summed E-state index contributed by atoms with van der Waals surface area (Å²) in [6.45, 7) is 3.20. The van der Waals surface area contributed by atoms with Gasteiger partial charge in [0, 0.05) is 10.9 Å². The van der Waals surface area contributed by atoms with E-state index >= 15 is 0 Å². The lowest BCUT2D eigenvalue weighted by Crippen LogP contribution is -2.39. The monoisotopic (exact) mass is 413 g/mol. The summed E-state index contributed by atoms with van der Waals surface area (Å²) in [4.78, 5) is 24.4. The van der Waals surface area contributed by atoms with Gasteiger partial charge < -0.3 is 14.5 Å². The molecule has 0 aliphatic heterocycles. The van der Waals surface area contributed by atoms with Crippen molar-refractivity contribution >= 4 is 22.7 Å². The predicted molar refractivity (Wildman–Crippen MR) is 119 cm³/mol. The lowest BCUT2D eigenvalue weighted by atomic mass is 10.0. The average molecular weight is 413 g/mol. The fourth-order valence-corrected chi connectivity index (χ4v) is 3.39. The maximum absolute atomic E-state index is 13.0. The van der Waals surface area contributed by atoms with E-state index < -0.39 is 12.1 Å². The Labute approximate surface area is 180 Å². The average Bonchev–Trinajstić information content (AvgIpc) is 3.22. The number of para-hydroxylation sites is 1. The minimum absolute atomic E-state index is 0.0196. The summed E-state index contributed by atoms with van der Waals surface area (Å²) < 4.78 is 11.8. The van der Waals surface area contributed by atoms with Crippen LogP contribution in [0.25, 0.3) is 11.0 Å². The number of ether oxygens (including phenoxy) is 1. The van der Waals surface area contributed by atoms with Gasteiger partial charge in [-0.25, -0.2) is 0 Å². The Morgan fingerprint density at radius 2 is 1.58 bits per heavy atom. The Morgan fingerprint density at radius 1 is 0.903 bits per heavy atom. The summed E-state index contributed by atoms with van der Waals surface area (Å²) in [5.74, 6) is 0.880. The zero-order valence-electron chi connectivity index (χ0n) is 17.4. The minimum atomic E-state index is -0.737. The van der Waals surface area contributed by atoms with E-state index in [0.29, 0.717) is 17.1 Å². The zero-order valence-corrected chi connectivity index (χ0v) is 17.4. The molecule has 2 unspecified atom stereocenters. The molecular weight excluding hydrogens is 390 g/mol. The number of amides is 1. The molecule has 31 heavy (non-hydrogen) atoms. The van der Waals surface area contributed by atoms with Crippen LogP contribution in [0.1, 0.15) is 41.6 Å².